The number of benzene rings is 2. The predicted molar refractivity (Wildman–Crippen MR) is 138 cm³/mol. The standard InChI is InChI=1S/C27H30F2N4O3S/c1-35-22-6-3-17(13-23(22)36-2)27-8-7-19(32-26(34)31-18-4-5-20(28)21(29)14-18)15-24(27)33(11-9-27)16-25-30-10-12-37-25/h3-6,10,12-14,19,24H,7-9,11,15-16H2,1-2H3,(H2,31,32,34)/t19-,24+,27+/m1/s1. The number of nitrogens with one attached hydrogen (secondary N) is 2. The molecule has 2 heterocycles. The third-order valence-electron chi connectivity index (χ3n) is 7.66. The smallest absolute Gasteiger partial charge is 0.319 e. The second-order valence-electron chi connectivity index (χ2n) is 9.59. The molecule has 1 saturated heterocycles. The molecule has 10 heteroatoms. The summed E-state index contributed by atoms with van der Waals surface area (Å²) in [7, 11) is 3.28. The summed E-state index contributed by atoms with van der Waals surface area (Å²) in [6.07, 6.45) is 5.25. The van der Waals surface area contributed by atoms with Crippen LogP contribution in [0.5, 0.6) is 11.5 Å². The molecule has 1 aromatic heterocycles. The number of likely N-dealkylation sites (tertiary alicyclic amines) is 1. The van der Waals surface area contributed by atoms with Gasteiger partial charge in [-0.1, -0.05) is 6.07 Å². The first-order chi connectivity index (χ1) is 17.9. The van der Waals surface area contributed by atoms with E-state index in [1.54, 1.807) is 25.6 Å². The third kappa shape index (κ3) is 5.13. The highest BCUT2D eigenvalue weighted by atomic mass is 32.1. The van der Waals surface area contributed by atoms with Crippen molar-refractivity contribution in [2.24, 2.45) is 0 Å². The number of urea groups is 1. The van der Waals surface area contributed by atoms with Gasteiger partial charge in [0, 0.05) is 40.8 Å². The number of rotatable bonds is 7. The molecule has 1 saturated carbocycles. The molecule has 196 valence electrons. The Kier molecular flexibility index (Phi) is 7.30. The van der Waals surface area contributed by atoms with Crippen molar-refractivity contribution in [3.05, 3.63) is 70.2 Å². The first kappa shape index (κ1) is 25.4. The van der Waals surface area contributed by atoms with E-state index >= 15 is 0 Å². The number of carbonyl (C=O) groups is 1. The SMILES string of the molecule is COc1ccc([C@@]23CC[C@@H](NC(=O)Nc4ccc(F)c(F)c4)C[C@@H]2N(Cc2nccs2)CC3)cc1OC. The number of carbonyl (C=O) groups excluding carboxylic acids is 1. The number of methoxy groups -OCH3 is 2. The van der Waals surface area contributed by atoms with Crippen molar-refractivity contribution >= 4 is 23.1 Å². The number of anilines is 1. The topological polar surface area (TPSA) is 75.7 Å². The lowest BCUT2D eigenvalue weighted by atomic mass is 9.65. The first-order valence-corrected chi connectivity index (χ1v) is 13.2. The zero-order chi connectivity index (χ0) is 26.0. The number of amides is 2. The maximum atomic E-state index is 13.6. The van der Waals surface area contributed by atoms with Crippen molar-refractivity contribution in [1.82, 2.24) is 15.2 Å². The average molecular weight is 529 g/mol. The molecule has 3 aromatic rings. The number of nitrogens with zero attached hydrogens (tertiary/aromatic N) is 2. The van der Waals surface area contributed by atoms with Crippen molar-refractivity contribution in [2.75, 3.05) is 26.1 Å². The van der Waals surface area contributed by atoms with Gasteiger partial charge in [-0.3, -0.25) is 4.90 Å². The molecule has 1 aliphatic carbocycles. The minimum Gasteiger partial charge on any atom is -0.493 e. The molecule has 2 fully saturated rings. The van der Waals surface area contributed by atoms with E-state index in [1.807, 2.05) is 17.6 Å². The van der Waals surface area contributed by atoms with E-state index in [4.69, 9.17) is 9.47 Å². The maximum Gasteiger partial charge on any atom is 0.319 e. The van der Waals surface area contributed by atoms with Gasteiger partial charge in [-0.25, -0.2) is 18.6 Å². The van der Waals surface area contributed by atoms with Gasteiger partial charge in [-0.05, 0) is 62.1 Å². The second-order valence-corrected chi connectivity index (χ2v) is 10.6. The summed E-state index contributed by atoms with van der Waals surface area (Å²) in [4.78, 5) is 19.7. The van der Waals surface area contributed by atoms with Gasteiger partial charge in [0.1, 0.15) is 5.01 Å². The van der Waals surface area contributed by atoms with Gasteiger partial charge in [0.25, 0.3) is 0 Å². The second kappa shape index (κ2) is 10.6. The molecule has 3 atom stereocenters. The highest BCUT2D eigenvalue weighted by Crippen LogP contribution is 2.50. The lowest BCUT2D eigenvalue weighted by Crippen LogP contribution is -2.52. The van der Waals surface area contributed by atoms with Gasteiger partial charge in [0.15, 0.2) is 23.1 Å². The molecule has 37 heavy (non-hydrogen) atoms. The van der Waals surface area contributed by atoms with Crippen molar-refractivity contribution in [2.45, 2.75) is 49.7 Å². The fourth-order valence-corrected chi connectivity index (χ4v) is 6.52. The zero-order valence-corrected chi connectivity index (χ0v) is 21.6. The fraction of sp³-hybridized carbons (Fsp3) is 0.407. The number of hydrogen-bond donors (Lipinski definition) is 2. The van der Waals surface area contributed by atoms with Gasteiger partial charge in [-0.15, -0.1) is 11.3 Å². The Morgan fingerprint density at radius 1 is 1.14 bits per heavy atom. The number of halogens is 2. The highest BCUT2D eigenvalue weighted by molar-refractivity contribution is 7.09. The number of aromatic nitrogens is 1. The molecule has 0 unspecified atom stereocenters. The molecule has 0 spiro atoms. The van der Waals surface area contributed by atoms with E-state index in [9.17, 15) is 13.6 Å². The molecule has 0 radical (unpaired) electrons. The summed E-state index contributed by atoms with van der Waals surface area (Å²) in [5.41, 5.74) is 1.32. The molecule has 1 aliphatic heterocycles. The summed E-state index contributed by atoms with van der Waals surface area (Å²) >= 11 is 1.64. The molecule has 7 nitrogen and oxygen atoms in total. The monoisotopic (exact) mass is 528 g/mol. The Morgan fingerprint density at radius 2 is 1.97 bits per heavy atom. The minimum atomic E-state index is -1.00. The molecule has 2 amide bonds. The molecule has 5 rings (SSSR count). The predicted octanol–water partition coefficient (Wildman–Crippen LogP) is 5.33. The number of fused-ring (bicyclic) bond motifs is 1. The van der Waals surface area contributed by atoms with Crippen molar-refractivity contribution < 1.29 is 23.0 Å². The zero-order valence-electron chi connectivity index (χ0n) is 20.8. The van der Waals surface area contributed by atoms with Crippen LogP contribution in [0.4, 0.5) is 19.3 Å². The van der Waals surface area contributed by atoms with Crippen LogP contribution in [0.15, 0.2) is 48.0 Å². The number of hydrogen-bond acceptors (Lipinski definition) is 6. The van der Waals surface area contributed by atoms with Gasteiger partial charge in [0.2, 0.25) is 0 Å². The van der Waals surface area contributed by atoms with Gasteiger partial charge in [0.05, 0.1) is 20.8 Å². The fourth-order valence-electron chi connectivity index (χ4n) is 5.88. The normalized spacial score (nSPS) is 23.4. The van der Waals surface area contributed by atoms with Gasteiger partial charge >= 0.3 is 6.03 Å². The van der Waals surface area contributed by atoms with Crippen LogP contribution in [-0.4, -0.2) is 48.8 Å². The van der Waals surface area contributed by atoms with Crippen LogP contribution in [0, 0.1) is 11.6 Å². The Balaban J connectivity index is 1.36. The first-order valence-electron chi connectivity index (χ1n) is 12.3. The summed E-state index contributed by atoms with van der Waals surface area (Å²) in [5.74, 6) is -0.552. The highest BCUT2D eigenvalue weighted by Gasteiger charge is 2.51. The minimum absolute atomic E-state index is 0.0690. The van der Waals surface area contributed by atoms with Crippen molar-refractivity contribution in [3.63, 3.8) is 0 Å². The Hall–Kier alpha value is -3.24. The summed E-state index contributed by atoms with van der Waals surface area (Å²) in [5, 5.41) is 8.73. The molecule has 2 N–H and O–H groups in total. The molecular weight excluding hydrogens is 498 g/mol. The van der Waals surface area contributed by atoms with Crippen LogP contribution in [0.25, 0.3) is 0 Å². The van der Waals surface area contributed by atoms with Crippen LogP contribution < -0.4 is 20.1 Å². The third-order valence-corrected chi connectivity index (χ3v) is 8.43. The van der Waals surface area contributed by atoms with Crippen molar-refractivity contribution in [3.8, 4) is 11.5 Å². The van der Waals surface area contributed by atoms with E-state index in [-0.39, 0.29) is 23.2 Å². The maximum absolute atomic E-state index is 13.6. The Labute approximate surface area is 218 Å². The lowest BCUT2D eigenvalue weighted by molar-refractivity contribution is 0.131. The average Bonchev–Trinajstić information content (AvgIpc) is 3.55. The molecular formula is C27H30F2N4O3S. The number of thiazole rings is 1. The van der Waals surface area contributed by atoms with E-state index in [2.05, 4.69) is 32.7 Å². The van der Waals surface area contributed by atoms with Crippen LogP contribution in [0.3, 0.4) is 0 Å². The van der Waals surface area contributed by atoms with E-state index in [1.165, 1.54) is 11.6 Å². The van der Waals surface area contributed by atoms with Crippen LogP contribution >= 0.6 is 11.3 Å². The van der Waals surface area contributed by atoms with Crippen LogP contribution in [-0.2, 0) is 12.0 Å². The largest absolute Gasteiger partial charge is 0.493 e. The van der Waals surface area contributed by atoms with Crippen LogP contribution in [0.1, 0.15) is 36.3 Å². The van der Waals surface area contributed by atoms with Crippen molar-refractivity contribution in [1.29, 1.82) is 0 Å². The number of ether oxygens (including phenoxy) is 2. The van der Waals surface area contributed by atoms with Gasteiger partial charge in [-0.2, -0.15) is 0 Å². The summed E-state index contributed by atoms with van der Waals surface area (Å²) in [6.45, 7) is 1.68. The summed E-state index contributed by atoms with van der Waals surface area (Å²) < 4.78 is 37.9. The Morgan fingerprint density at radius 3 is 2.70 bits per heavy atom. The molecule has 2 aliphatic rings. The molecule has 0 bridgehead atoms. The van der Waals surface area contributed by atoms with Crippen LogP contribution in [0.2, 0.25) is 0 Å². The lowest BCUT2D eigenvalue weighted by Gasteiger charge is -2.45. The summed E-state index contributed by atoms with van der Waals surface area (Å²) in [6, 6.07) is 9.17. The van der Waals surface area contributed by atoms with E-state index in [0.717, 1.165) is 55.9 Å². The van der Waals surface area contributed by atoms with Gasteiger partial charge < -0.3 is 20.1 Å². The quantitative estimate of drug-likeness (QED) is 0.434. The van der Waals surface area contributed by atoms with E-state index in [0.29, 0.717) is 11.5 Å². The Bertz CT molecular complexity index is 1260. The molecule has 2 aromatic carbocycles. The van der Waals surface area contributed by atoms with E-state index < -0.39 is 17.7 Å².